The van der Waals surface area contributed by atoms with Crippen LogP contribution in [-0.2, 0) is 26.3 Å². The van der Waals surface area contributed by atoms with Crippen molar-refractivity contribution in [3.63, 3.8) is 0 Å². The average molecular weight is 489 g/mol. The van der Waals surface area contributed by atoms with Crippen molar-refractivity contribution in [3.05, 3.63) is 65.7 Å². The summed E-state index contributed by atoms with van der Waals surface area (Å²) in [5.41, 5.74) is 2.24. The SMILES string of the molecule is Cc1ccccc1CN(C(=O)CN(c1ccccc1)S(=O)(=O)N(C)C)[C@@H](C)C(=O)NCC(C)C. The molecule has 0 radical (unpaired) electrons. The predicted octanol–water partition coefficient (Wildman–Crippen LogP) is 2.80. The van der Waals surface area contributed by atoms with Crippen LogP contribution in [0.4, 0.5) is 5.69 Å². The molecule has 186 valence electrons. The molecule has 0 unspecified atom stereocenters. The van der Waals surface area contributed by atoms with Crippen molar-refractivity contribution in [2.24, 2.45) is 5.92 Å². The van der Waals surface area contributed by atoms with E-state index in [1.807, 2.05) is 45.0 Å². The average Bonchev–Trinajstić information content (AvgIpc) is 2.80. The Labute approximate surface area is 203 Å². The summed E-state index contributed by atoms with van der Waals surface area (Å²) >= 11 is 0. The minimum Gasteiger partial charge on any atom is -0.354 e. The Hall–Kier alpha value is -2.91. The zero-order valence-electron chi connectivity index (χ0n) is 20.9. The number of anilines is 1. The summed E-state index contributed by atoms with van der Waals surface area (Å²) < 4.78 is 28.3. The molecule has 8 nitrogen and oxygen atoms in total. The first-order valence-electron chi connectivity index (χ1n) is 11.3. The Kier molecular flexibility index (Phi) is 9.64. The summed E-state index contributed by atoms with van der Waals surface area (Å²) in [7, 11) is -1.11. The van der Waals surface area contributed by atoms with Gasteiger partial charge in [-0.05, 0) is 43.0 Å². The number of carbonyl (C=O) groups is 2. The van der Waals surface area contributed by atoms with Crippen LogP contribution in [0.3, 0.4) is 0 Å². The van der Waals surface area contributed by atoms with Crippen LogP contribution in [0.2, 0.25) is 0 Å². The molecular weight excluding hydrogens is 452 g/mol. The van der Waals surface area contributed by atoms with E-state index in [1.165, 1.54) is 19.0 Å². The van der Waals surface area contributed by atoms with Crippen molar-refractivity contribution >= 4 is 27.7 Å². The molecule has 9 heteroatoms. The fourth-order valence-electron chi connectivity index (χ4n) is 3.32. The molecule has 0 aromatic heterocycles. The second kappa shape index (κ2) is 12.0. The van der Waals surface area contributed by atoms with E-state index in [-0.39, 0.29) is 18.4 Å². The largest absolute Gasteiger partial charge is 0.354 e. The molecular formula is C25H36N4O4S. The molecule has 34 heavy (non-hydrogen) atoms. The van der Waals surface area contributed by atoms with Crippen LogP contribution in [0.15, 0.2) is 54.6 Å². The smallest absolute Gasteiger partial charge is 0.304 e. The molecule has 0 saturated carbocycles. The zero-order chi connectivity index (χ0) is 25.5. The Bertz CT molecular complexity index is 1070. The number of benzene rings is 2. The normalized spacial score (nSPS) is 12.5. The fourth-order valence-corrected chi connectivity index (χ4v) is 4.37. The molecule has 2 amide bonds. The molecule has 1 atom stereocenters. The first kappa shape index (κ1) is 27.3. The number of amides is 2. The van der Waals surface area contributed by atoms with E-state index in [9.17, 15) is 18.0 Å². The Morgan fingerprint density at radius 2 is 1.53 bits per heavy atom. The van der Waals surface area contributed by atoms with Crippen molar-refractivity contribution in [3.8, 4) is 0 Å². The van der Waals surface area contributed by atoms with Gasteiger partial charge < -0.3 is 10.2 Å². The van der Waals surface area contributed by atoms with E-state index in [0.717, 1.165) is 19.7 Å². The number of nitrogens with one attached hydrogen (secondary N) is 1. The van der Waals surface area contributed by atoms with Crippen LogP contribution in [-0.4, -0.2) is 62.7 Å². The maximum atomic E-state index is 13.6. The van der Waals surface area contributed by atoms with Crippen molar-refractivity contribution in [2.45, 2.75) is 40.3 Å². The lowest BCUT2D eigenvalue weighted by Crippen LogP contribution is -2.52. The lowest BCUT2D eigenvalue weighted by molar-refractivity contribution is -0.139. The molecule has 2 aromatic rings. The van der Waals surface area contributed by atoms with Crippen LogP contribution in [0, 0.1) is 12.8 Å². The first-order valence-corrected chi connectivity index (χ1v) is 12.7. The quantitative estimate of drug-likeness (QED) is 0.527. The number of rotatable bonds is 11. The number of nitrogens with zero attached hydrogens (tertiary/aromatic N) is 3. The molecule has 0 bridgehead atoms. The van der Waals surface area contributed by atoms with Gasteiger partial charge >= 0.3 is 10.2 Å². The van der Waals surface area contributed by atoms with E-state index in [0.29, 0.717) is 12.2 Å². The van der Waals surface area contributed by atoms with E-state index in [2.05, 4.69) is 5.32 Å². The minimum atomic E-state index is -3.95. The van der Waals surface area contributed by atoms with Gasteiger partial charge in [0.15, 0.2) is 0 Å². The first-order chi connectivity index (χ1) is 15.9. The second-order valence-corrected chi connectivity index (χ2v) is 11.0. The predicted molar refractivity (Wildman–Crippen MR) is 135 cm³/mol. The van der Waals surface area contributed by atoms with Crippen molar-refractivity contribution in [1.29, 1.82) is 0 Å². The third-order valence-electron chi connectivity index (χ3n) is 5.52. The Balaban J connectivity index is 2.41. The highest BCUT2D eigenvalue weighted by atomic mass is 32.2. The lowest BCUT2D eigenvalue weighted by atomic mass is 10.1. The van der Waals surface area contributed by atoms with Gasteiger partial charge in [-0.25, -0.2) is 4.31 Å². The van der Waals surface area contributed by atoms with Gasteiger partial charge in [0.2, 0.25) is 11.8 Å². The Morgan fingerprint density at radius 3 is 2.09 bits per heavy atom. The zero-order valence-corrected chi connectivity index (χ0v) is 21.7. The van der Waals surface area contributed by atoms with Gasteiger partial charge in [-0.3, -0.25) is 9.59 Å². The van der Waals surface area contributed by atoms with Gasteiger partial charge in [-0.15, -0.1) is 0 Å². The molecule has 0 fully saturated rings. The number of carbonyl (C=O) groups excluding carboxylic acids is 2. The van der Waals surface area contributed by atoms with Crippen LogP contribution < -0.4 is 9.62 Å². The van der Waals surface area contributed by atoms with Gasteiger partial charge in [-0.1, -0.05) is 56.3 Å². The molecule has 0 aliphatic heterocycles. The monoisotopic (exact) mass is 488 g/mol. The van der Waals surface area contributed by atoms with Crippen molar-refractivity contribution < 1.29 is 18.0 Å². The molecule has 2 rings (SSSR count). The van der Waals surface area contributed by atoms with Gasteiger partial charge in [0.05, 0.1) is 5.69 Å². The molecule has 1 N–H and O–H groups in total. The van der Waals surface area contributed by atoms with Crippen molar-refractivity contribution in [1.82, 2.24) is 14.5 Å². The highest BCUT2D eigenvalue weighted by molar-refractivity contribution is 7.90. The summed E-state index contributed by atoms with van der Waals surface area (Å²) in [5, 5.41) is 2.88. The minimum absolute atomic E-state index is 0.187. The van der Waals surface area contributed by atoms with Crippen LogP contribution in [0.25, 0.3) is 0 Å². The standard InChI is InChI=1S/C25H36N4O4S/c1-19(2)16-26-25(31)21(4)28(17-22-13-11-10-12-20(22)3)24(30)18-29(34(32,33)27(5)6)23-14-8-7-9-15-23/h7-15,19,21H,16-18H2,1-6H3,(H,26,31)/t21-/m0/s1. The third-order valence-corrected chi connectivity index (χ3v) is 7.34. The van der Waals surface area contributed by atoms with E-state index < -0.39 is 28.7 Å². The summed E-state index contributed by atoms with van der Waals surface area (Å²) in [6, 6.07) is 15.3. The van der Waals surface area contributed by atoms with Crippen molar-refractivity contribution in [2.75, 3.05) is 31.5 Å². The third kappa shape index (κ3) is 7.04. The molecule has 0 aliphatic rings. The van der Waals surface area contributed by atoms with Gasteiger partial charge in [0.25, 0.3) is 0 Å². The van der Waals surface area contributed by atoms with E-state index in [1.54, 1.807) is 37.3 Å². The number of para-hydroxylation sites is 1. The van der Waals surface area contributed by atoms with Gasteiger partial charge in [0.1, 0.15) is 12.6 Å². The second-order valence-electron chi connectivity index (χ2n) is 8.90. The maximum Gasteiger partial charge on any atom is 0.304 e. The molecule has 0 heterocycles. The highest BCUT2D eigenvalue weighted by Crippen LogP contribution is 2.21. The van der Waals surface area contributed by atoms with E-state index >= 15 is 0 Å². The fraction of sp³-hybridized carbons (Fsp3) is 0.440. The molecule has 2 aromatic carbocycles. The summed E-state index contributed by atoms with van der Waals surface area (Å²) in [6.45, 7) is 7.83. The van der Waals surface area contributed by atoms with Crippen LogP contribution in [0.5, 0.6) is 0 Å². The number of aryl methyl sites for hydroxylation is 1. The Morgan fingerprint density at radius 1 is 0.941 bits per heavy atom. The molecule has 0 spiro atoms. The van der Waals surface area contributed by atoms with Gasteiger partial charge in [-0.2, -0.15) is 12.7 Å². The van der Waals surface area contributed by atoms with Gasteiger partial charge in [0, 0.05) is 27.2 Å². The molecule has 0 saturated heterocycles. The number of hydrogen-bond acceptors (Lipinski definition) is 4. The lowest BCUT2D eigenvalue weighted by Gasteiger charge is -2.33. The topological polar surface area (TPSA) is 90.0 Å². The van der Waals surface area contributed by atoms with Crippen LogP contribution in [0.1, 0.15) is 31.9 Å². The summed E-state index contributed by atoms with van der Waals surface area (Å²) in [4.78, 5) is 27.9. The number of hydrogen-bond donors (Lipinski definition) is 1. The maximum absolute atomic E-state index is 13.6. The van der Waals surface area contributed by atoms with Crippen LogP contribution >= 0.6 is 0 Å². The summed E-state index contributed by atoms with van der Waals surface area (Å²) in [6.07, 6.45) is 0. The van der Waals surface area contributed by atoms with E-state index in [4.69, 9.17) is 0 Å². The highest BCUT2D eigenvalue weighted by Gasteiger charge is 2.32. The summed E-state index contributed by atoms with van der Waals surface area (Å²) in [5.74, 6) is -0.488. The molecule has 0 aliphatic carbocycles.